The van der Waals surface area contributed by atoms with E-state index in [-0.39, 0.29) is 18.9 Å². The fraction of sp³-hybridized carbons (Fsp3) is 0.385. The lowest BCUT2D eigenvalue weighted by Gasteiger charge is -2.09. The van der Waals surface area contributed by atoms with E-state index in [2.05, 4.69) is 11.8 Å². The smallest absolute Gasteiger partial charge is 0.389 e. The van der Waals surface area contributed by atoms with E-state index in [1.807, 2.05) is 0 Å². The number of halogens is 4. The lowest BCUT2D eigenvalue weighted by molar-refractivity contribution is -0.136. The minimum absolute atomic E-state index is 0.0130. The molecule has 0 heterocycles. The predicted molar refractivity (Wildman–Crippen MR) is 64.8 cm³/mol. The molecule has 0 radical (unpaired) electrons. The van der Waals surface area contributed by atoms with Gasteiger partial charge in [-0.05, 0) is 18.6 Å². The summed E-state index contributed by atoms with van der Waals surface area (Å²) in [5, 5.41) is 0. The number of rotatable bonds is 4. The number of benzene rings is 1. The number of ether oxygens (including phenoxy) is 1. The van der Waals surface area contributed by atoms with E-state index >= 15 is 0 Å². The molecule has 5 heteroatoms. The van der Waals surface area contributed by atoms with Crippen LogP contribution < -0.4 is 4.74 Å². The van der Waals surface area contributed by atoms with E-state index in [0.717, 1.165) is 0 Å². The number of hydrogen-bond donors (Lipinski definition) is 0. The molecule has 0 N–H and O–H groups in total. The fourth-order valence-corrected chi connectivity index (χ4v) is 1.35. The van der Waals surface area contributed by atoms with Crippen LogP contribution in [-0.2, 0) is 0 Å². The Morgan fingerprint density at radius 2 is 1.94 bits per heavy atom. The zero-order chi connectivity index (χ0) is 13.4. The average Bonchev–Trinajstić information content (AvgIpc) is 2.32. The second kappa shape index (κ2) is 7.17. The van der Waals surface area contributed by atoms with Gasteiger partial charge < -0.3 is 4.74 Å². The van der Waals surface area contributed by atoms with Gasteiger partial charge in [-0.1, -0.05) is 24.0 Å². The Bertz CT molecular complexity index is 432. The number of alkyl halides is 4. The Morgan fingerprint density at radius 3 is 2.61 bits per heavy atom. The first-order valence-corrected chi connectivity index (χ1v) is 5.90. The predicted octanol–water partition coefficient (Wildman–Crippen LogP) is 4.00. The van der Waals surface area contributed by atoms with Gasteiger partial charge in [0.05, 0.1) is 18.1 Å². The molecule has 0 amide bonds. The maximum Gasteiger partial charge on any atom is 0.389 e. The van der Waals surface area contributed by atoms with Gasteiger partial charge in [0.2, 0.25) is 0 Å². The molecule has 0 unspecified atom stereocenters. The van der Waals surface area contributed by atoms with Crippen molar-refractivity contribution in [1.29, 1.82) is 0 Å². The topological polar surface area (TPSA) is 9.23 Å². The van der Waals surface area contributed by atoms with Gasteiger partial charge in [-0.3, -0.25) is 0 Å². The highest BCUT2D eigenvalue weighted by molar-refractivity contribution is 6.19. The van der Waals surface area contributed by atoms with Gasteiger partial charge in [0, 0.05) is 6.42 Å². The van der Waals surface area contributed by atoms with Crippen LogP contribution in [0.3, 0.4) is 0 Å². The summed E-state index contributed by atoms with van der Waals surface area (Å²) in [5.41, 5.74) is 0.630. The maximum absolute atomic E-state index is 11.9. The van der Waals surface area contributed by atoms with E-state index < -0.39 is 12.6 Å². The monoisotopic (exact) mass is 276 g/mol. The first-order valence-electron chi connectivity index (χ1n) is 5.36. The second-order valence-corrected chi connectivity index (χ2v) is 3.77. The van der Waals surface area contributed by atoms with E-state index in [1.165, 1.54) is 0 Å². The summed E-state index contributed by atoms with van der Waals surface area (Å²) in [6.07, 6.45) is -5.05. The summed E-state index contributed by atoms with van der Waals surface area (Å²) in [7, 11) is 0. The molecule has 0 aliphatic heterocycles. The number of hydrogen-bond acceptors (Lipinski definition) is 1. The van der Waals surface area contributed by atoms with Crippen molar-refractivity contribution in [2.45, 2.75) is 19.0 Å². The van der Waals surface area contributed by atoms with Gasteiger partial charge in [0.15, 0.2) is 0 Å². The Balaban J connectivity index is 2.52. The van der Waals surface area contributed by atoms with Crippen molar-refractivity contribution < 1.29 is 17.9 Å². The lowest BCUT2D eigenvalue weighted by Crippen LogP contribution is -2.10. The van der Waals surface area contributed by atoms with Crippen LogP contribution in [0.5, 0.6) is 5.75 Å². The van der Waals surface area contributed by atoms with Crippen LogP contribution in [0.4, 0.5) is 13.2 Å². The van der Waals surface area contributed by atoms with Crippen molar-refractivity contribution in [3.8, 4) is 17.6 Å². The highest BCUT2D eigenvalue weighted by Crippen LogP contribution is 2.22. The highest BCUT2D eigenvalue weighted by atomic mass is 35.5. The molecule has 98 valence electrons. The quantitative estimate of drug-likeness (QED) is 0.459. The third-order valence-electron chi connectivity index (χ3n) is 2.04. The Kier molecular flexibility index (Phi) is 5.87. The Labute approximate surface area is 109 Å². The van der Waals surface area contributed by atoms with Crippen molar-refractivity contribution in [2.75, 3.05) is 12.5 Å². The first-order chi connectivity index (χ1) is 8.53. The molecule has 1 nitrogen and oxygen atoms in total. The molecule has 0 bridgehead atoms. The molecule has 0 saturated heterocycles. The summed E-state index contributed by atoms with van der Waals surface area (Å²) < 4.78 is 41.1. The van der Waals surface area contributed by atoms with Crippen molar-refractivity contribution in [3.05, 3.63) is 29.8 Å². The molecule has 0 fully saturated rings. The minimum atomic E-state index is -4.14. The van der Waals surface area contributed by atoms with Crippen LogP contribution in [0.25, 0.3) is 0 Å². The van der Waals surface area contributed by atoms with Crippen LogP contribution in [0.2, 0.25) is 0 Å². The molecule has 0 saturated carbocycles. The molecule has 0 spiro atoms. The molecule has 0 aliphatic rings. The van der Waals surface area contributed by atoms with Gasteiger partial charge in [-0.25, -0.2) is 0 Å². The van der Waals surface area contributed by atoms with Crippen LogP contribution in [0, 0.1) is 11.8 Å². The molecule has 1 aromatic rings. The van der Waals surface area contributed by atoms with Crippen molar-refractivity contribution in [3.63, 3.8) is 0 Å². The summed E-state index contributed by atoms with van der Waals surface area (Å²) >= 11 is 5.44. The Morgan fingerprint density at radius 1 is 1.22 bits per heavy atom. The van der Waals surface area contributed by atoms with Crippen LogP contribution >= 0.6 is 11.6 Å². The normalized spacial score (nSPS) is 10.7. The summed E-state index contributed by atoms with van der Waals surface area (Å²) in [4.78, 5) is 0. The zero-order valence-corrected chi connectivity index (χ0v) is 10.3. The summed E-state index contributed by atoms with van der Waals surface area (Å²) in [6.45, 7) is 0.0130. The number of para-hydroxylation sites is 1. The maximum atomic E-state index is 11.9. The largest absolute Gasteiger partial charge is 0.492 e. The summed E-state index contributed by atoms with van der Waals surface area (Å²) in [5.74, 6) is 6.15. The molecular weight excluding hydrogens is 265 g/mol. The third kappa shape index (κ3) is 5.83. The van der Waals surface area contributed by atoms with Gasteiger partial charge >= 0.3 is 6.18 Å². The average molecular weight is 277 g/mol. The summed E-state index contributed by atoms with van der Waals surface area (Å²) in [6, 6.07) is 6.93. The van der Waals surface area contributed by atoms with Crippen molar-refractivity contribution in [1.82, 2.24) is 0 Å². The zero-order valence-electron chi connectivity index (χ0n) is 9.56. The van der Waals surface area contributed by atoms with Gasteiger partial charge in [-0.2, -0.15) is 13.2 Å². The molecule has 18 heavy (non-hydrogen) atoms. The molecule has 0 atom stereocenters. The molecule has 1 aromatic carbocycles. The standard InChI is InChI=1S/C13H12ClF3O/c14-9-3-6-11-5-1-2-7-12(11)18-10-4-8-13(15,16)17/h1-2,5,7H,4,8-10H2. The lowest BCUT2D eigenvalue weighted by atomic mass is 10.2. The highest BCUT2D eigenvalue weighted by Gasteiger charge is 2.26. The first kappa shape index (κ1) is 14.7. The molecular formula is C13H12ClF3O. The molecule has 1 rings (SSSR count). The van der Waals surface area contributed by atoms with Crippen LogP contribution in [0.1, 0.15) is 18.4 Å². The SMILES string of the molecule is FC(F)(F)CCCOc1ccccc1C#CCCl. The molecule has 0 aromatic heterocycles. The van der Waals surface area contributed by atoms with Crippen molar-refractivity contribution in [2.24, 2.45) is 0 Å². The second-order valence-electron chi connectivity index (χ2n) is 3.50. The van der Waals surface area contributed by atoms with E-state index in [0.29, 0.717) is 11.3 Å². The Hall–Kier alpha value is -1.34. The van der Waals surface area contributed by atoms with E-state index in [1.54, 1.807) is 24.3 Å². The molecule has 0 aliphatic carbocycles. The van der Waals surface area contributed by atoms with Gasteiger partial charge in [0.25, 0.3) is 0 Å². The van der Waals surface area contributed by atoms with E-state index in [9.17, 15) is 13.2 Å². The minimum Gasteiger partial charge on any atom is -0.492 e. The van der Waals surface area contributed by atoms with E-state index in [4.69, 9.17) is 16.3 Å². The van der Waals surface area contributed by atoms with Crippen LogP contribution in [0.15, 0.2) is 24.3 Å². The van der Waals surface area contributed by atoms with Gasteiger partial charge in [0.1, 0.15) is 5.75 Å². The van der Waals surface area contributed by atoms with Gasteiger partial charge in [-0.15, -0.1) is 11.6 Å². The fourth-order valence-electron chi connectivity index (χ4n) is 1.28. The van der Waals surface area contributed by atoms with Crippen LogP contribution in [-0.4, -0.2) is 18.7 Å². The van der Waals surface area contributed by atoms with Crippen molar-refractivity contribution >= 4 is 11.6 Å². The third-order valence-corrected chi connectivity index (χ3v) is 2.17.